The fraction of sp³-hybridized carbons (Fsp3) is 0.652. The second kappa shape index (κ2) is 7.81. The maximum absolute atomic E-state index is 13.8. The molecule has 7 nitrogen and oxygen atoms in total. The molecule has 3 fully saturated rings. The van der Waals surface area contributed by atoms with Crippen molar-refractivity contribution in [3.63, 3.8) is 0 Å². The highest BCUT2D eigenvalue weighted by atomic mass is 32.1. The van der Waals surface area contributed by atoms with Crippen molar-refractivity contribution in [1.29, 1.82) is 0 Å². The van der Waals surface area contributed by atoms with Crippen LogP contribution in [0.4, 0.5) is 0 Å². The van der Waals surface area contributed by atoms with E-state index < -0.39 is 11.6 Å². The van der Waals surface area contributed by atoms with Crippen LogP contribution in [0.2, 0.25) is 0 Å². The number of nitrogens with zero attached hydrogens (tertiary/aromatic N) is 2. The SMILES string of the molecule is CC1Cc2ncsc2C=C1C(=O)N[C@H](C(=O)N1CC[C@H]2OCC(=O)C21C)C1CCCC1. The number of hydrogen-bond donors (Lipinski definition) is 1. The van der Waals surface area contributed by atoms with Gasteiger partial charge in [-0.15, -0.1) is 11.3 Å². The number of likely N-dealkylation sites (tertiary alicyclic amines) is 1. The van der Waals surface area contributed by atoms with E-state index in [4.69, 9.17) is 4.74 Å². The number of carbonyl (C=O) groups is 3. The summed E-state index contributed by atoms with van der Waals surface area (Å²) in [7, 11) is 0. The van der Waals surface area contributed by atoms with E-state index in [0.717, 1.165) is 42.7 Å². The van der Waals surface area contributed by atoms with Gasteiger partial charge in [-0.05, 0) is 50.5 Å². The van der Waals surface area contributed by atoms with Gasteiger partial charge in [-0.1, -0.05) is 19.8 Å². The molecular formula is C23H29N3O4S. The lowest BCUT2D eigenvalue weighted by molar-refractivity contribution is -0.145. The first-order valence-corrected chi connectivity index (χ1v) is 12.2. The van der Waals surface area contributed by atoms with E-state index >= 15 is 0 Å². The van der Waals surface area contributed by atoms with Gasteiger partial charge in [0.1, 0.15) is 18.2 Å². The van der Waals surface area contributed by atoms with Crippen LogP contribution >= 0.6 is 11.3 Å². The van der Waals surface area contributed by atoms with Crippen molar-refractivity contribution in [2.45, 2.75) is 70.1 Å². The van der Waals surface area contributed by atoms with Gasteiger partial charge in [0.05, 0.1) is 22.2 Å². The fourth-order valence-electron chi connectivity index (χ4n) is 5.76. The van der Waals surface area contributed by atoms with Gasteiger partial charge in [0.15, 0.2) is 5.78 Å². The van der Waals surface area contributed by atoms with Crippen LogP contribution in [-0.4, -0.2) is 58.3 Å². The van der Waals surface area contributed by atoms with Gasteiger partial charge in [-0.3, -0.25) is 14.4 Å². The predicted molar refractivity (Wildman–Crippen MR) is 116 cm³/mol. The second-order valence-corrected chi connectivity index (χ2v) is 10.4. The summed E-state index contributed by atoms with van der Waals surface area (Å²) < 4.78 is 5.65. The van der Waals surface area contributed by atoms with Crippen LogP contribution in [-0.2, 0) is 25.5 Å². The molecule has 2 unspecified atom stereocenters. The minimum atomic E-state index is -0.909. The molecule has 3 heterocycles. The molecule has 5 rings (SSSR count). The molecule has 2 aliphatic carbocycles. The molecule has 1 aromatic heterocycles. The molecular weight excluding hydrogens is 414 g/mol. The monoisotopic (exact) mass is 443 g/mol. The smallest absolute Gasteiger partial charge is 0.248 e. The molecule has 2 aliphatic heterocycles. The van der Waals surface area contributed by atoms with E-state index in [0.29, 0.717) is 18.5 Å². The molecule has 2 saturated heterocycles. The zero-order valence-corrected chi connectivity index (χ0v) is 18.9. The number of fused-ring (bicyclic) bond motifs is 2. The summed E-state index contributed by atoms with van der Waals surface area (Å²) >= 11 is 1.54. The Labute approximate surface area is 186 Å². The summed E-state index contributed by atoms with van der Waals surface area (Å²) in [6.45, 7) is 4.41. The van der Waals surface area contributed by atoms with Gasteiger partial charge in [0, 0.05) is 12.1 Å². The minimum Gasteiger partial charge on any atom is -0.367 e. The van der Waals surface area contributed by atoms with Gasteiger partial charge in [-0.2, -0.15) is 0 Å². The average molecular weight is 444 g/mol. The molecule has 1 aromatic rings. The van der Waals surface area contributed by atoms with Crippen molar-refractivity contribution in [2.24, 2.45) is 11.8 Å². The summed E-state index contributed by atoms with van der Waals surface area (Å²) in [5, 5.41) is 3.10. The van der Waals surface area contributed by atoms with Crippen molar-refractivity contribution in [1.82, 2.24) is 15.2 Å². The van der Waals surface area contributed by atoms with E-state index in [9.17, 15) is 14.4 Å². The van der Waals surface area contributed by atoms with Crippen LogP contribution in [0.5, 0.6) is 0 Å². The molecule has 0 aromatic carbocycles. The molecule has 8 heteroatoms. The lowest BCUT2D eigenvalue weighted by Gasteiger charge is -2.37. The Morgan fingerprint density at radius 3 is 2.87 bits per heavy atom. The summed E-state index contributed by atoms with van der Waals surface area (Å²) in [6.07, 6.45) is 7.05. The van der Waals surface area contributed by atoms with Crippen LogP contribution in [0.1, 0.15) is 56.5 Å². The maximum Gasteiger partial charge on any atom is 0.248 e. The van der Waals surface area contributed by atoms with E-state index in [2.05, 4.69) is 10.3 Å². The molecule has 2 amide bonds. The molecule has 0 radical (unpaired) electrons. The van der Waals surface area contributed by atoms with E-state index in [-0.39, 0.29) is 42.1 Å². The van der Waals surface area contributed by atoms with Gasteiger partial charge in [-0.25, -0.2) is 4.98 Å². The molecule has 1 N–H and O–H groups in total. The molecule has 4 atom stereocenters. The van der Waals surface area contributed by atoms with Gasteiger partial charge >= 0.3 is 0 Å². The summed E-state index contributed by atoms with van der Waals surface area (Å²) in [5.41, 5.74) is 2.64. The normalized spacial score (nSPS) is 31.4. The third kappa shape index (κ3) is 3.35. The molecule has 4 aliphatic rings. The highest BCUT2D eigenvalue weighted by molar-refractivity contribution is 7.10. The third-order valence-corrected chi connectivity index (χ3v) is 8.54. The van der Waals surface area contributed by atoms with Crippen LogP contribution in [0.25, 0.3) is 6.08 Å². The first-order valence-electron chi connectivity index (χ1n) is 11.3. The number of hydrogen-bond acceptors (Lipinski definition) is 6. The summed E-state index contributed by atoms with van der Waals surface area (Å²) in [4.78, 5) is 46.8. The van der Waals surface area contributed by atoms with Crippen molar-refractivity contribution < 1.29 is 19.1 Å². The number of Topliss-reactive ketones (excluding diaryl/α,β-unsaturated/α-hetero) is 1. The zero-order valence-electron chi connectivity index (χ0n) is 18.1. The first kappa shape index (κ1) is 20.8. The van der Waals surface area contributed by atoms with Crippen molar-refractivity contribution in [3.05, 3.63) is 21.7 Å². The molecule has 0 bridgehead atoms. The maximum atomic E-state index is 13.8. The highest BCUT2D eigenvalue weighted by Crippen LogP contribution is 2.39. The molecule has 31 heavy (non-hydrogen) atoms. The number of ether oxygens (including phenoxy) is 1. The Morgan fingerprint density at radius 2 is 2.10 bits per heavy atom. The third-order valence-electron chi connectivity index (χ3n) is 7.72. The summed E-state index contributed by atoms with van der Waals surface area (Å²) in [6, 6.07) is -0.602. The van der Waals surface area contributed by atoms with Gasteiger partial charge < -0.3 is 15.0 Å². The zero-order chi connectivity index (χ0) is 21.8. The van der Waals surface area contributed by atoms with E-state index in [1.54, 1.807) is 4.90 Å². The first-order chi connectivity index (χ1) is 14.9. The van der Waals surface area contributed by atoms with Crippen LogP contribution in [0.15, 0.2) is 11.1 Å². The summed E-state index contributed by atoms with van der Waals surface area (Å²) in [5.74, 6) is -0.193. The molecule has 0 spiro atoms. The van der Waals surface area contributed by atoms with E-state index in [1.807, 2.05) is 25.4 Å². The van der Waals surface area contributed by atoms with Crippen molar-refractivity contribution in [2.75, 3.05) is 13.2 Å². The lowest BCUT2D eigenvalue weighted by atomic mass is 9.88. The number of rotatable bonds is 4. The number of nitrogens with one attached hydrogen (secondary N) is 1. The standard InChI is InChI=1S/C23H29N3O4S/c1-13-9-16-17(31-12-24-16)10-15(13)21(28)25-20(14-5-3-4-6-14)22(29)26-8-7-19-23(26,2)18(27)11-30-19/h10,12-14,19-20H,3-9,11H2,1-2H3,(H,25,28)/t13?,19-,20+,23?/m1/s1. The van der Waals surface area contributed by atoms with Crippen molar-refractivity contribution in [3.8, 4) is 0 Å². The predicted octanol–water partition coefficient (Wildman–Crippen LogP) is 2.35. The Balaban J connectivity index is 1.40. The van der Waals surface area contributed by atoms with Gasteiger partial charge in [0.25, 0.3) is 0 Å². The van der Waals surface area contributed by atoms with Crippen LogP contribution in [0.3, 0.4) is 0 Å². The largest absolute Gasteiger partial charge is 0.367 e. The highest BCUT2D eigenvalue weighted by Gasteiger charge is 2.58. The van der Waals surface area contributed by atoms with E-state index in [1.165, 1.54) is 11.3 Å². The Kier molecular flexibility index (Phi) is 5.25. The fourth-order valence-corrected chi connectivity index (χ4v) is 6.52. The number of carbonyl (C=O) groups excluding carboxylic acids is 3. The second-order valence-electron chi connectivity index (χ2n) is 9.51. The quantitative estimate of drug-likeness (QED) is 0.772. The lowest BCUT2D eigenvalue weighted by Crippen LogP contribution is -2.60. The van der Waals surface area contributed by atoms with Crippen LogP contribution in [0, 0.1) is 11.8 Å². The van der Waals surface area contributed by atoms with Crippen molar-refractivity contribution >= 4 is 35.0 Å². The Morgan fingerprint density at radius 1 is 1.32 bits per heavy atom. The molecule has 1 saturated carbocycles. The van der Waals surface area contributed by atoms with Gasteiger partial charge in [0.2, 0.25) is 11.8 Å². The number of thiazole rings is 1. The Hall–Kier alpha value is -2.06. The Bertz CT molecular complexity index is 950. The van der Waals surface area contributed by atoms with Crippen LogP contribution < -0.4 is 5.32 Å². The molecule has 166 valence electrons. The topological polar surface area (TPSA) is 88.6 Å². The number of aromatic nitrogens is 1. The average Bonchev–Trinajstić information content (AvgIpc) is 3.52. The number of amides is 2. The number of ketones is 1. The minimum absolute atomic E-state index is 0.0406.